The molecule has 8 heteroatoms. The van der Waals surface area contributed by atoms with Gasteiger partial charge < -0.3 is 9.47 Å². The third kappa shape index (κ3) is 3.78. The summed E-state index contributed by atoms with van der Waals surface area (Å²) < 4.78 is 27.8. The van der Waals surface area contributed by atoms with E-state index in [9.17, 15) is 9.18 Å². The first-order chi connectivity index (χ1) is 12.1. The average molecular weight is 379 g/mol. The van der Waals surface area contributed by atoms with Gasteiger partial charge in [0.1, 0.15) is 23.9 Å². The third-order valence-electron chi connectivity index (χ3n) is 3.45. The van der Waals surface area contributed by atoms with Crippen LogP contribution in [-0.2, 0) is 11.3 Å². The number of rotatable bonds is 5. The normalized spacial score (nSPS) is 10.5. The standard InChI is InChI=1S/C17H12ClFN2O3S/c1-23-11-7-5-10(6-8-11)15-16(25-21-20-15)17(22)24-9-12-13(18)3-2-4-14(12)19/h2-8H,9H2,1H3. The van der Waals surface area contributed by atoms with Crippen LogP contribution >= 0.6 is 23.1 Å². The quantitative estimate of drug-likeness (QED) is 0.617. The van der Waals surface area contributed by atoms with Gasteiger partial charge in [-0.05, 0) is 47.9 Å². The Morgan fingerprint density at radius 1 is 1.24 bits per heavy atom. The van der Waals surface area contributed by atoms with Crippen molar-refractivity contribution in [1.82, 2.24) is 9.59 Å². The van der Waals surface area contributed by atoms with Crippen molar-refractivity contribution in [3.05, 3.63) is 63.7 Å². The molecule has 0 saturated carbocycles. The van der Waals surface area contributed by atoms with Crippen LogP contribution in [0.3, 0.4) is 0 Å². The van der Waals surface area contributed by atoms with Gasteiger partial charge in [0.05, 0.1) is 12.1 Å². The summed E-state index contributed by atoms with van der Waals surface area (Å²) >= 11 is 6.84. The third-order valence-corrected chi connectivity index (χ3v) is 4.51. The lowest BCUT2D eigenvalue weighted by Gasteiger charge is -2.07. The van der Waals surface area contributed by atoms with E-state index in [1.54, 1.807) is 31.4 Å². The molecular weight excluding hydrogens is 367 g/mol. The van der Waals surface area contributed by atoms with Gasteiger partial charge >= 0.3 is 5.97 Å². The second-order valence-electron chi connectivity index (χ2n) is 4.96. The number of nitrogens with zero attached hydrogens (tertiary/aromatic N) is 2. The number of halogens is 2. The van der Waals surface area contributed by atoms with Crippen molar-refractivity contribution in [1.29, 1.82) is 0 Å². The molecule has 0 unspecified atom stereocenters. The maximum absolute atomic E-state index is 13.7. The lowest BCUT2D eigenvalue weighted by Crippen LogP contribution is -2.06. The van der Waals surface area contributed by atoms with E-state index in [1.807, 2.05) is 0 Å². The lowest BCUT2D eigenvalue weighted by atomic mass is 10.1. The van der Waals surface area contributed by atoms with E-state index in [0.29, 0.717) is 17.0 Å². The number of methoxy groups -OCH3 is 1. The van der Waals surface area contributed by atoms with Crippen molar-refractivity contribution in [2.45, 2.75) is 6.61 Å². The number of carbonyl (C=O) groups is 1. The fourth-order valence-electron chi connectivity index (χ4n) is 2.14. The molecular formula is C17H12ClFN2O3S. The molecule has 0 fully saturated rings. The van der Waals surface area contributed by atoms with E-state index < -0.39 is 11.8 Å². The summed E-state index contributed by atoms with van der Waals surface area (Å²) in [5, 5.41) is 4.18. The first-order valence-corrected chi connectivity index (χ1v) is 8.32. The molecule has 0 aliphatic rings. The van der Waals surface area contributed by atoms with Crippen LogP contribution < -0.4 is 4.74 Å². The van der Waals surface area contributed by atoms with Crippen LogP contribution in [0.15, 0.2) is 42.5 Å². The molecule has 0 aliphatic carbocycles. The highest BCUT2D eigenvalue weighted by Crippen LogP contribution is 2.27. The highest BCUT2D eigenvalue weighted by atomic mass is 35.5. The Bertz CT molecular complexity index is 879. The van der Waals surface area contributed by atoms with Crippen molar-refractivity contribution >= 4 is 29.1 Å². The molecule has 1 aromatic heterocycles. The van der Waals surface area contributed by atoms with Crippen LogP contribution in [0, 0.1) is 5.82 Å². The molecule has 3 aromatic rings. The Kier molecular flexibility index (Phi) is 5.25. The SMILES string of the molecule is COc1ccc(-c2nnsc2C(=O)OCc2c(F)cccc2Cl)cc1. The molecule has 0 bridgehead atoms. The zero-order chi connectivity index (χ0) is 17.8. The Labute approximate surface area is 152 Å². The number of aromatic nitrogens is 2. The van der Waals surface area contributed by atoms with Gasteiger partial charge in [-0.3, -0.25) is 0 Å². The van der Waals surface area contributed by atoms with E-state index in [-0.39, 0.29) is 22.1 Å². The van der Waals surface area contributed by atoms with Crippen LogP contribution in [0.4, 0.5) is 4.39 Å². The number of benzene rings is 2. The Balaban J connectivity index is 1.78. The maximum atomic E-state index is 13.7. The van der Waals surface area contributed by atoms with Crippen LogP contribution in [0.5, 0.6) is 5.75 Å². The summed E-state index contributed by atoms with van der Waals surface area (Å²) in [6, 6.07) is 11.3. The Morgan fingerprint density at radius 2 is 2.00 bits per heavy atom. The fraction of sp³-hybridized carbons (Fsp3) is 0.118. The topological polar surface area (TPSA) is 61.3 Å². The van der Waals surface area contributed by atoms with Gasteiger partial charge in [-0.25, -0.2) is 9.18 Å². The summed E-state index contributed by atoms with van der Waals surface area (Å²) in [5.41, 5.74) is 1.23. The molecule has 3 rings (SSSR count). The van der Waals surface area contributed by atoms with Crippen LogP contribution in [-0.4, -0.2) is 22.7 Å². The highest BCUT2D eigenvalue weighted by molar-refractivity contribution is 7.08. The van der Waals surface area contributed by atoms with Gasteiger partial charge in [0.2, 0.25) is 0 Å². The summed E-state index contributed by atoms with van der Waals surface area (Å²) in [6.07, 6.45) is 0. The zero-order valence-electron chi connectivity index (χ0n) is 13.0. The monoisotopic (exact) mass is 378 g/mol. The van der Waals surface area contributed by atoms with Crippen molar-refractivity contribution < 1.29 is 18.7 Å². The van der Waals surface area contributed by atoms with Gasteiger partial charge in [0.25, 0.3) is 0 Å². The number of carbonyl (C=O) groups excluding carboxylic acids is 1. The number of esters is 1. The molecule has 2 aromatic carbocycles. The Hall–Kier alpha value is -2.51. The van der Waals surface area contributed by atoms with E-state index in [4.69, 9.17) is 21.1 Å². The predicted octanol–water partition coefficient (Wildman–Crippen LogP) is 4.36. The summed E-state index contributed by atoms with van der Waals surface area (Å²) in [6.45, 7) is -0.274. The molecule has 0 amide bonds. The molecule has 128 valence electrons. The smallest absolute Gasteiger partial charge is 0.352 e. The highest BCUT2D eigenvalue weighted by Gasteiger charge is 2.20. The van der Waals surface area contributed by atoms with Gasteiger partial charge in [-0.2, -0.15) is 0 Å². The lowest BCUT2D eigenvalue weighted by molar-refractivity contribution is 0.0475. The minimum absolute atomic E-state index is 0.126. The summed E-state index contributed by atoms with van der Waals surface area (Å²) in [7, 11) is 1.57. The summed E-state index contributed by atoms with van der Waals surface area (Å²) in [5.74, 6) is -0.483. The van der Waals surface area contributed by atoms with Crippen molar-refractivity contribution in [2.75, 3.05) is 7.11 Å². The first kappa shape index (κ1) is 17.3. The van der Waals surface area contributed by atoms with E-state index in [1.165, 1.54) is 18.2 Å². The average Bonchev–Trinajstić information content (AvgIpc) is 3.11. The number of hydrogen-bond acceptors (Lipinski definition) is 6. The molecule has 1 heterocycles. The van der Waals surface area contributed by atoms with Crippen LogP contribution in [0.2, 0.25) is 5.02 Å². The first-order valence-electron chi connectivity index (χ1n) is 7.17. The minimum atomic E-state index is -0.639. The number of ether oxygens (including phenoxy) is 2. The second-order valence-corrected chi connectivity index (χ2v) is 6.12. The second kappa shape index (κ2) is 7.58. The molecule has 0 radical (unpaired) electrons. The minimum Gasteiger partial charge on any atom is -0.497 e. The van der Waals surface area contributed by atoms with Crippen molar-refractivity contribution in [2.24, 2.45) is 0 Å². The zero-order valence-corrected chi connectivity index (χ0v) is 14.6. The van der Waals surface area contributed by atoms with E-state index in [2.05, 4.69) is 9.59 Å². The fourth-order valence-corrected chi connectivity index (χ4v) is 2.94. The van der Waals surface area contributed by atoms with E-state index in [0.717, 1.165) is 11.5 Å². The van der Waals surface area contributed by atoms with E-state index >= 15 is 0 Å². The van der Waals surface area contributed by atoms with Gasteiger partial charge in [0.15, 0.2) is 4.88 Å². The Morgan fingerprint density at radius 3 is 2.68 bits per heavy atom. The molecule has 0 N–H and O–H groups in total. The maximum Gasteiger partial charge on any atom is 0.352 e. The predicted molar refractivity (Wildman–Crippen MR) is 92.4 cm³/mol. The van der Waals surface area contributed by atoms with Crippen molar-refractivity contribution in [3.8, 4) is 17.0 Å². The molecule has 25 heavy (non-hydrogen) atoms. The van der Waals surface area contributed by atoms with Crippen LogP contribution in [0.25, 0.3) is 11.3 Å². The number of hydrogen-bond donors (Lipinski definition) is 0. The molecule has 0 spiro atoms. The molecule has 0 saturated heterocycles. The molecule has 5 nitrogen and oxygen atoms in total. The van der Waals surface area contributed by atoms with Gasteiger partial charge in [-0.1, -0.05) is 22.2 Å². The van der Waals surface area contributed by atoms with Gasteiger partial charge in [0, 0.05) is 11.1 Å². The molecule has 0 aliphatic heterocycles. The summed E-state index contributed by atoms with van der Waals surface area (Å²) in [4.78, 5) is 12.6. The molecule has 0 atom stereocenters. The van der Waals surface area contributed by atoms with Crippen LogP contribution in [0.1, 0.15) is 15.2 Å². The van der Waals surface area contributed by atoms with Crippen molar-refractivity contribution in [3.63, 3.8) is 0 Å². The van der Waals surface area contributed by atoms with Gasteiger partial charge in [-0.15, -0.1) is 5.10 Å². The largest absolute Gasteiger partial charge is 0.497 e.